The summed E-state index contributed by atoms with van der Waals surface area (Å²) in [6, 6.07) is -0.543. The minimum absolute atomic E-state index is 0.000564. The van der Waals surface area contributed by atoms with Crippen LogP contribution in [0.15, 0.2) is 12.2 Å². The monoisotopic (exact) mass is 918 g/mol. The second kappa shape index (κ2) is 55.2. The Morgan fingerprint density at radius 2 is 0.723 bits per heavy atom. The molecule has 0 aromatic carbocycles. The Morgan fingerprint density at radius 1 is 0.415 bits per heavy atom. The quantitative estimate of drug-likeness (QED) is 0.0321. The Kier molecular flexibility index (Phi) is 54.0. The Bertz CT molecular complexity index is 970. The Hall–Kier alpha value is -1.40. The smallest absolute Gasteiger partial charge is 0.305 e. The van der Waals surface area contributed by atoms with Gasteiger partial charge in [-0.25, -0.2) is 0 Å². The van der Waals surface area contributed by atoms with E-state index >= 15 is 0 Å². The molecule has 0 aliphatic heterocycles. The van der Waals surface area contributed by atoms with Crippen molar-refractivity contribution in [1.29, 1.82) is 0 Å². The van der Waals surface area contributed by atoms with Gasteiger partial charge in [0.1, 0.15) is 0 Å². The number of rotatable bonds is 55. The first-order valence-corrected chi connectivity index (χ1v) is 29.4. The number of amides is 1. The lowest BCUT2D eigenvalue weighted by Crippen LogP contribution is -2.45. The molecule has 386 valence electrons. The molecule has 0 saturated heterocycles. The van der Waals surface area contributed by atoms with Crippen molar-refractivity contribution in [3.8, 4) is 0 Å². The summed E-state index contributed by atoms with van der Waals surface area (Å²) in [4.78, 5) is 24.5. The molecule has 0 aromatic rings. The Balaban J connectivity index is 3.39. The van der Waals surface area contributed by atoms with Crippen molar-refractivity contribution >= 4 is 11.9 Å². The van der Waals surface area contributed by atoms with Crippen LogP contribution in [0.3, 0.4) is 0 Å². The molecule has 0 bridgehead atoms. The molecule has 6 nitrogen and oxygen atoms in total. The number of hydrogen-bond donors (Lipinski definition) is 3. The van der Waals surface area contributed by atoms with Gasteiger partial charge in [-0.1, -0.05) is 276 Å². The lowest BCUT2D eigenvalue weighted by Gasteiger charge is -2.22. The molecule has 0 aromatic heterocycles. The average molecular weight is 919 g/mol. The van der Waals surface area contributed by atoms with E-state index in [4.69, 9.17) is 4.74 Å². The second-order valence-electron chi connectivity index (χ2n) is 20.3. The summed E-state index contributed by atoms with van der Waals surface area (Å²) in [5.74, 6) is -0.0368. The van der Waals surface area contributed by atoms with Gasteiger partial charge in [0.15, 0.2) is 0 Å². The van der Waals surface area contributed by atoms with Crippen LogP contribution in [0.4, 0.5) is 0 Å². The van der Waals surface area contributed by atoms with Gasteiger partial charge in [0, 0.05) is 12.8 Å². The highest BCUT2D eigenvalue weighted by molar-refractivity contribution is 5.76. The van der Waals surface area contributed by atoms with Gasteiger partial charge in [-0.3, -0.25) is 9.59 Å². The van der Waals surface area contributed by atoms with Crippen LogP contribution in [0.1, 0.15) is 328 Å². The van der Waals surface area contributed by atoms with Crippen LogP contribution >= 0.6 is 0 Å². The number of unbranched alkanes of at least 4 members (excludes halogenated alkanes) is 42. The zero-order chi connectivity index (χ0) is 47.2. The number of carbonyl (C=O) groups excluding carboxylic acids is 2. The summed E-state index contributed by atoms with van der Waals surface area (Å²) in [5, 5.41) is 23.3. The van der Waals surface area contributed by atoms with Crippen molar-refractivity contribution in [2.75, 3.05) is 13.2 Å². The minimum atomic E-state index is -0.666. The van der Waals surface area contributed by atoms with E-state index in [1.165, 1.54) is 250 Å². The molecule has 0 aliphatic carbocycles. The van der Waals surface area contributed by atoms with Crippen LogP contribution in [0, 0.1) is 0 Å². The summed E-state index contributed by atoms with van der Waals surface area (Å²) >= 11 is 0. The fraction of sp³-hybridized carbons (Fsp3) is 0.932. The molecule has 0 saturated carbocycles. The van der Waals surface area contributed by atoms with Crippen molar-refractivity contribution < 1.29 is 24.5 Å². The molecular formula is C59H115NO5. The van der Waals surface area contributed by atoms with Crippen molar-refractivity contribution in [2.24, 2.45) is 0 Å². The summed E-state index contributed by atoms with van der Waals surface area (Å²) in [5.41, 5.74) is 0. The molecule has 0 radical (unpaired) electrons. The van der Waals surface area contributed by atoms with E-state index in [0.717, 1.165) is 44.9 Å². The van der Waals surface area contributed by atoms with Crippen LogP contribution in [-0.2, 0) is 14.3 Å². The van der Waals surface area contributed by atoms with Gasteiger partial charge < -0.3 is 20.3 Å². The number of ether oxygens (including phenoxy) is 1. The fourth-order valence-corrected chi connectivity index (χ4v) is 9.28. The summed E-state index contributed by atoms with van der Waals surface area (Å²) in [7, 11) is 0. The molecule has 0 aliphatic rings. The van der Waals surface area contributed by atoms with Crippen LogP contribution in [0.5, 0.6) is 0 Å². The standard InChI is InChI=1S/C59H115NO5/c1-3-5-7-9-11-13-15-17-19-25-29-33-37-41-45-49-53-59(64)65-54-50-46-42-38-34-30-26-23-21-20-22-24-28-32-36-40-44-48-52-58(63)60-56(55-61)57(62)51-47-43-39-35-31-27-18-16-14-12-10-8-6-4-2/h19,25,56-57,61-62H,3-18,20-24,26-55H2,1-2H3,(H,60,63)/b25-19-. The molecule has 0 spiro atoms. The van der Waals surface area contributed by atoms with Crippen LogP contribution < -0.4 is 5.32 Å². The largest absolute Gasteiger partial charge is 0.466 e. The van der Waals surface area contributed by atoms with Crippen LogP contribution in [0.25, 0.3) is 0 Å². The third-order valence-electron chi connectivity index (χ3n) is 13.8. The van der Waals surface area contributed by atoms with Gasteiger partial charge >= 0.3 is 5.97 Å². The van der Waals surface area contributed by atoms with Gasteiger partial charge in [0.25, 0.3) is 0 Å². The van der Waals surface area contributed by atoms with Gasteiger partial charge in [-0.2, -0.15) is 0 Å². The van der Waals surface area contributed by atoms with Crippen molar-refractivity contribution in [1.82, 2.24) is 5.32 Å². The predicted octanol–water partition coefficient (Wildman–Crippen LogP) is 18.1. The molecule has 0 rings (SSSR count). The topological polar surface area (TPSA) is 95.9 Å². The third kappa shape index (κ3) is 51.8. The summed E-state index contributed by atoms with van der Waals surface area (Å²) < 4.78 is 5.48. The van der Waals surface area contributed by atoms with E-state index in [0.29, 0.717) is 25.9 Å². The summed E-state index contributed by atoms with van der Waals surface area (Å²) in [6.07, 6.45) is 64.9. The first-order chi connectivity index (χ1) is 32.0. The maximum atomic E-state index is 12.5. The van der Waals surface area contributed by atoms with E-state index in [1.807, 2.05) is 0 Å². The van der Waals surface area contributed by atoms with E-state index < -0.39 is 12.1 Å². The molecular weight excluding hydrogens is 803 g/mol. The molecule has 3 N–H and O–H groups in total. The SMILES string of the molecule is CCCCCCCCC/C=C\CCCCCCCC(=O)OCCCCCCCCCCCCCCCCCCCCC(=O)NC(CO)C(O)CCCCCCCCCCCCCCCC. The number of allylic oxidation sites excluding steroid dienone is 2. The molecule has 0 fully saturated rings. The number of nitrogens with one attached hydrogen (secondary N) is 1. The highest BCUT2D eigenvalue weighted by Gasteiger charge is 2.20. The van der Waals surface area contributed by atoms with E-state index in [9.17, 15) is 19.8 Å². The molecule has 2 atom stereocenters. The number of hydrogen-bond acceptors (Lipinski definition) is 5. The lowest BCUT2D eigenvalue weighted by atomic mass is 10.0. The molecule has 6 heteroatoms. The van der Waals surface area contributed by atoms with Crippen molar-refractivity contribution in [3.63, 3.8) is 0 Å². The first-order valence-electron chi connectivity index (χ1n) is 29.4. The van der Waals surface area contributed by atoms with Gasteiger partial charge in [0.2, 0.25) is 5.91 Å². The molecule has 0 heterocycles. The zero-order valence-electron chi connectivity index (χ0n) is 44.0. The maximum absolute atomic E-state index is 12.5. The minimum Gasteiger partial charge on any atom is -0.466 e. The van der Waals surface area contributed by atoms with Crippen LogP contribution in [-0.4, -0.2) is 47.4 Å². The van der Waals surface area contributed by atoms with Crippen molar-refractivity contribution in [3.05, 3.63) is 12.2 Å². The van der Waals surface area contributed by atoms with Gasteiger partial charge in [-0.15, -0.1) is 0 Å². The first kappa shape index (κ1) is 63.6. The van der Waals surface area contributed by atoms with Crippen LogP contribution in [0.2, 0.25) is 0 Å². The van der Waals surface area contributed by atoms with Crippen molar-refractivity contribution in [2.45, 2.75) is 341 Å². The zero-order valence-corrected chi connectivity index (χ0v) is 44.0. The highest BCUT2D eigenvalue weighted by atomic mass is 16.5. The molecule has 2 unspecified atom stereocenters. The number of aliphatic hydroxyl groups is 2. The highest BCUT2D eigenvalue weighted by Crippen LogP contribution is 2.17. The Labute approximate surface area is 406 Å². The lowest BCUT2D eigenvalue weighted by molar-refractivity contribution is -0.143. The normalized spacial score (nSPS) is 12.6. The number of aliphatic hydroxyl groups excluding tert-OH is 2. The molecule has 65 heavy (non-hydrogen) atoms. The average Bonchev–Trinajstić information content (AvgIpc) is 3.31. The second-order valence-corrected chi connectivity index (χ2v) is 20.3. The van der Waals surface area contributed by atoms with E-state index in [-0.39, 0.29) is 18.5 Å². The Morgan fingerprint density at radius 3 is 1.09 bits per heavy atom. The van der Waals surface area contributed by atoms with Gasteiger partial charge in [-0.05, 0) is 51.4 Å². The molecule has 1 amide bonds. The predicted molar refractivity (Wildman–Crippen MR) is 283 cm³/mol. The van der Waals surface area contributed by atoms with E-state index in [1.54, 1.807) is 0 Å². The third-order valence-corrected chi connectivity index (χ3v) is 13.8. The maximum Gasteiger partial charge on any atom is 0.305 e. The number of esters is 1. The number of carbonyl (C=O) groups is 2. The van der Waals surface area contributed by atoms with E-state index in [2.05, 4.69) is 31.3 Å². The fourth-order valence-electron chi connectivity index (χ4n) is 9.28. The van der Waals surface area contributed by atoms with Gasteiger partial charge in [0.05, 0.1) is 25.4 Å². The summed E-state index contributed by atoms with van der Waals surface area (Å²) in [6.45, 7) is 4.96.